The molecule has 0 bridgehead atoms. The number of aromatic nitrogens is 1. The summed E-state index contributed by atoms with van der Waals surface area (Å²) in [6.07, 6.45) is 1.56. The quantitative estimate of drug-likeness (QED) is 0.708. The smallest absolute Gasteiger partial charge is 0.408 e. The van der Waals surface area contributed by atoms with Crippen LogP contribution in [0.15, 0.2) is 58.3 Å². The van der Waals surface area contributed by atoms with Crippen LogP contribution < -0.4 is 16.4 Å². The molecule has 0 radical (unpaired) electrons. The van der Waals surface area contributed by atoms with Gasteiger partial charge in [0.25, 0.3) is 0 Å². The van der Waals surface area contributed by atoms with E-state index in [0.29, 0.717) is 23.8 Å². The topological polar surface area (TPSA) is 76.3 Å². The highest BCUT2D eigenvalue weighted by Crippen LogP contribution is 2.20. The normalized spacial score (nSPS) is 10.6. The minimum Gasteiger partial charge on any atom is -0.408 e. The third-order valence-corrected chi connectivity index (χ3v) is 3.42. The molecule has 25 heavy (non-hydrogen) atoms. The lowest BCUT2D eigenvalue weighted by Gasteiger charge is -2.08. The number of benzene rings is 2. The molecule has 1 heterocycles. The highest BCUT2D eigenvalue weighted by molar-refractivity contribution is 6.00. The van der Waals surface area contributed by atoms with E-state index in [-0.39, 0.29) is 11.3 Å². The number of nitrogens with zero attached hydrogens (tertiary/aromatic N) is 1. The van der Waals surface area contributed by atoms with Gasteiger partial charge in [0.05, 0.1) is 11.2 Å². The summed E-state index contributed by atoms with van der Waals surface area (Å²) in [6, 6.07) is 6.73. The van der Waals surface area contributed by atoms with E-state index in [9.17, 15) is 18.4 Å². The Morgan fingerprint density at radius 1 is 1.20 bits per heavy atom. The number of halogens is 2. The number of allylic oxidation sites excluding steroid dienone is 1. The second-order valence-corrected chi connectivity index (χ2v) is 5.15. The number of nitrogens with one attached hydrogen (secondary N) is 2. The van der Waals surface area contributed by atoms with Crippen LogP contribution in [0.3, 0.4) is 0 Å². The van der Waals surface area contributed by atoms with Crippen LogP contribution in [0.2, 0.25) is 0 Å². The van der Waals surface area contributed by atoms with Crippen molar-refractivity contribution in [2.24, 2.45) is 0 Å². The average Bonchev–Trinajstić information content (AvgIpc) is 2.86. The van der Waals surface area contributed by atoms with Crippen molar-refractivity contribution < 1.29 is 18.0 Å². The van der Waals surface area contributed by atoms with Crippen LogP contribution in [0.4, 0.5) is 25.0 Å². The van der Waals surface area contributed by atoms with Gasteiger partial charge in [-0.1, -0.05) is 6.08 Å². The zero-order chi connectivity index (χ0) is 18.0. The lowest BCUT2D eigenvalue weighted by Crippen LogP contribution is -2.20. The number of hydrogen-bond donors (Lipinski definition) is 2. The fourth-order valence-electron chi connectivity index (χ4n) is 2.32. The molecule has 1 aromatic heterocycles. The monoisotopic (exact) mass is 345 g/mol. The molecule has 0 aliphatic carbocycles. The van der Waals surface area contributed by atoms with Gasteiger partial charge in [-0.25, -0.2) is 18.4 Å². The van der Waals surface area contributed by atoms with Crippen LogP contribution in [0.1, 0.15) is 0 Å². The molecule has 0 unspecified atom stereocenters. The molecule has 6 nitrogen and oxygen atoms in total. The number of fused-ring (bicyclic) bond motifs is 1. The molecule has 0 aliphatic heterocycles. The van der Waals surface area contributed by atoms with Crippen LogP contribution >= 0.6 is 0 Å². The molecule has 0 saturated carbocycles. The standard InChI is InChI=1S/C17H13F2N3O3/c1-2-7-22-14-6-4-11(9-15(14)25-17(22)24)20-16(23)21-13-5-3-10(18)8-12(13)19/h2-6,8-9H,1,7H2,(H2,20,21,23). The van der Waals surface area contributed by atoms with Crippen molar-refractivity contribution in [1.82, 2.24) is 4.57 Å². The maximum absolute atomic E-state index is 13.5. The second-order valence-electron chi connectivity index (χ2n) is 5.15. The lowest BCUT2D eigenvalue weighted by atomic mass is 10.2. The number of rotatable bonds is 4. The maximum atomic E-state index is 13.5. The van der Waals surface area contributed by atoms with Gasteiger partial charge in [-0.3, -0.25) is 4.57 Å². The molecule has 128 valence electrons. The molecule has 0 spiro atoms. The third-order valence-electron chi connectivity index (χ3n) is 3.42. The molecule has 3 rings (SSSR count). The first-order valence-electron chi connectivity index (χ1n) is 7.25. The Bertz CT molecular complexity index is 1020. The number of carbonyl (C=O) groups is 1. The van der Waals surface area contributed by atoms with Gasteiger partial charge in [-0.05, 0) is 24.3 Å². The summed E-state index contributed by atoms with van der Waals surface area (Å²) in [5.74, 6) is -2.17. The molecule has 2 N–H and O–H groups in total. The van der Waals surface area contributed by atoms with Crippen LogP contribution in [-0.2, 0) is 6.54 Å². The molecule has 0 atom stereocenters. The van der Waals surface area contributed by atoms with Crippen LogP contribution in [0.5, 0.6) is 0 Å². The molecule has 8 heteroatoms. The summed E-state index contributed by atoms with van der Waals surface area (Å²) in [5, 5.41) is 4.75. The van der Waals surface area contributed by atoms with Gasteiger partial charge in [0.2, 0.25) is 0 Å². The fraction of sp³-hybridized carbons (Fsp3) is 0.0588. The van der Waals surface area contributed by atoms with E-state index >= 15 is 0 Å². The van der Waals surface area contributed by atoms with Crippen LogP contribution in [0.25, 0.3) is 11.1 Å². The van der Waals surface area contributed by atoms with Gasteiger partial charge in [-0.15, -0.1) is 6.58 Å². The van der Waals surface area contributed by atoms with Crippen molar-refractivity contribution in [1.29, 1.82) is 0 Å². The molecular weight excluding hydrogens is 332 g/mol. The number of hydrogen-bond acceptors (Lipinski definition) is 3. The molecule has 2 amide bonds. The van der Waals surface area contributed by atoms with Crippen molar-refractivity contribution in [3.63, 3.8) is 0 Å². The largest absolute Gasteiger partial charge is 0.420 e. The Labute approximate surface area is 140 Å². The molecule has 0 saturated heterocycles. The Hall–Kier alpha value is -3.42. The lowest BCUT2D eigenvalue weighted by molar-refractivity contribution is 0.262. The zero-order valence-electron chi connectivity index (χ0n) is 12.9. The van der Waals surface area contributed by atoms with Crippen LogP contribution in [0, 0.1) is 11.6 Å². The Kier molecular flexibility index (Phi) is 4.34. The Balaban J connectivity index is 1.79. The maximum Gasteiger partial charge on any atom is 0.420 e. The molecule has 3 aromatic rings. The van der Waals surface area contributed by atoms with E-state index in [1.54, 1.807) is 18.2 Å². The number of carbonyl (C=O) groups excluding carboxylic acids is 1. The van der Waals surface area contributed by atoms with E-state index in [1.807, 2.05) is 0 Å². The van der Waals surface area contributed by atoms with Gasteiger partial charge in [-0.2, -0.15) is 0 Å². The summed E-state index contributed by atoms with van der Waals surface area (Å²) in [4.78, 5) is 23.7. The number of anilines is 2. The highest BCUT2D eigenvalue weighted by Gasteiger charge is 2.11. The summed E-state index contributed by atoms with van der Waals surface area (Å²) in [6.45, 7) is 3.87. The van der Waals surface area contributed by atoms with Crippen molar-refractivity contribution in [2.45, 2.75) is 6.54 Å². The zero-order valence-corrected chi connectivity index (χ0v) is 12.9. The van der Waals surface area contributed by atoms with E-state index < -0.39 is 23.4 Å². The molecule has 0 fully saturated rings. The highest BCUT2D eigenvalue weighted by atomic mass is 19.1. The minimum atomic E-state index is -0.891. The number of urea groups is 1. The summed E-state index contributed by atoms with van der Waals surface area (Å²) in [5.41, 5.74) is 1.02. The molecular formula is C17H13F2N3O3. The first-order chi connectivity index (χ1) is 12.0. The van der Waals surface area contributed by atoms with Gasteiger partial charge in [0.15, 0.2) is 5.58 Å². The van der Waals surface area contributed by atoms with E-state index in [1.165, 1.54) is 10.6 Å². The van der Waals surface area contributed by atoms with Crippen LogP contribution in [-0.4, -0.2) is 10.6 Å². The third kappa shape index (κ3) is 3.42. The van der Waals surface area contributed by atoms with Crippen molar-refractivity contribution in [3.05, 3.63) is 71.2 Å². The van der Waals surface area contributed by atoms with E-state index in [4.69, 9.17) is 4.42 Å². The first-order valence-corrected chi connectivity index (χ1v) is 7.25. The van der Waals surface area contributed by atoms with Gasteiger partial charge in [0, 0.05) is 24.4 Å². The van der Waals surface area contributed by atoms with Crippen molar-refractivity contribution in [3.8, 4) is 0 Å². The Morgan fingerprint density at radius 3 is 2.72 bits per heavy atom. The van der Waals surface area contributed by atoms with Gasteiger partial charge >= 0.3 is 11.8 Å². The predicted molar refractivity (Wildman–Crippen MR) is 89.7 cm³/mol. The average molecular weight is 345 g/mol. The van der Waals surface area contributed by atoms with E-state index in [0.717, 1.165) is 12.1 Å². The Morgan fingerprint density at radius 2 is 2.00 bits per heavy atom. The van der Waals surface area contributed by atoms with Crippen molar-refractivity contribution in [2.75, 3.05) is 10.6 Å². The van der Waals surface area contributed by atoms with E-state index in [2.05, 4.69) is 17.2 Å². The predicted octanol–water partition coefficient (Wildman–Crippen LogP) is 3.70. The fourth-order valence-corrected chi connectivity index (χ4v) is 2.32. The molecule has 0 aliphatic rings. The SMILES string of the molecule is C=CCn1c(=O)oc2cc(NC(=O)Nc3ccc(F)cc3F)ccc21. The summed E-state index contributed by atoms with van der Waals surface area (Å²) < 4.78 is 32.9. The summed E-state index contributed by atoms with van der Waals surface area (Å²) >= 11 is 0. The second kappa shape index (κ2) is 6.60. The number of amides is 2. The summed E-state index contributed by atoms with van der Waals surface area (Å²) in [7, 11) is 0. The van der Waals surface area contributed by atoms with Gasteiger partial charge in [0.1, 0.15) is 11.6 Å². The number of oxazole rings is 1. The van der Waals surface area contributed by atoms with Gasteiger partial charge < -0.3 is 15.1 Å². The minimum absolute atomic E-state index is 0.163. The molecule has 2 aromatic carbocycles. The first kappa shape index (κ1) is 16.4. The van der Waals surface area contributed by atoms with Crippen molar-refractivity contribution >= 4 is 28.5 Å².